The van der Waals surface area contributed by atoms with Crippen LogP contribution >= 0.6 is 0 Å². The summed E-state index contributed by atoms with van der Waals surface area (Å²) in [6.45, 7) is 9.99. The van der Waals surface area contributed by atoms with Crippen LogP contribution in [0.15, 0.2) is 0 Å². The van der Waals surface area contributed by atoms with E-state index in [1.807, 2.05) is 0 Å². The third kappa shape index (κ3) is 6.10. The monoisotopic (exact) mass is 370 g/mol. The largest absolute Gasteiger partial charge is 0.444 e. The maximum atomic E-state index is 12.6. The molecule has 0 saturated carbocycles. The summed E-state index contributed by atoms with van der Waals surface area (Å²) >= 11 is 0. The van der Waals surface area contributed by atoms with Crippen LogP contribution < -0.4 is 5.32 Å². The van der Waals surface area contributed by atoms with Gasteiger partial charge >= 0.3 is 6.09 Å². The van der Waals surface area contributed by atoms with Gasteiger partial charge in [-0.15, -0.1) is 0 Å². The Labute approximate surface area is 156 Å². The molecule has 150 valence electrons. The van der Waals surface area contributed by atoms with Crippen molar-refractivity contribution in [1.82, 2.24) is 20.0 Å². The van der Waals surface area contributed by atoms with Gasteiger partial charge < -0.3 is 25.0 Å². The van der Waals surface area contributed by atoms with Gasteiger partial charge in [0.15, 0.2) is 0 Å². The molecule has 2 aliphatic rings. The molecule has 2 saturated heterocycles. The second kappa shape index (κ2) is 9.01. The van der Waals surface area contributed by atoms with Gasteiger partial charge in [-0.3, -0.25) is 9.69 Å². The smallest absolute Gasteiger partial charge is 0.408 e. The SMILES string of the molecule is CN1CCC(N2CCN(C(=O)[C@H](CO)NC(=O)OC(C)(C)C)CC2)CC1. The number of hydrogen-bond acceptors (Lipinski definition) is 6. The summed E-state index contributed by atoms with van der Waals surface area (Å²) in [5, 5.41) is 12.0. The number of piperidine rings is 1. The van der Waals surface area contributed by atoms with E-state index < -0.39 is 24.3 Å². The number of ether oxygens (including phenoxy) is 1. The van der Waals surface area contributed by atoms with E-state index in [1.165, 1.54) is 12.8 Å². The summed E-state index contributed by atoms with van der Waals surface area (Å²) in [6, 6.07) is -0.364. The lowest BCUT2D eigenvalue weighted by molar-refractivity contribution is -0.136. The molecule has 8 heteroatoms. The molecule has 0 aromatic carbocycles. The predicted octanol–water partition coefficient (Wildman–Crippen LogP) is 0.110. The van der Waals surface area contributed by atoms with Crippen LogP contribution in [-0.2, 0) is 9.53 Å². The van der Waals surface area contributed by atoms with E-state index in [0.29, 0.717) is 19.1 Å². The molecule has 1 atom stereocenters. The molecule has 0 unspecified atom stereocenters. The van der Waals surface area contributed by atoms with Crippen molar-refractivity contribution in [2.45, 2.75) is 51.3 Å². The number of aliphatic hydroxyl groups is 1. The number of carbonyl (C=O) groups is 2. The molecule has 2 N–H and O–H groups in total. The number of piperazine rings is 1. The van der Waals surface area contributed by atoms with E-state index >= 15 is 0 Å². The summed E-state index contributed by atoms with van der Waals surface area (Å²) in [6.07, 6.45) is 1.66. The Bertz CT molecular complexity index is 478. The van der Waals surface area contributed by atoms with Crippen LogP contribution in [0.5, 0.6) is 0 Å². The number of nitrogens with one attached hydrogen (secondary N) is 1. The average molecular weight is 370 g/mol. The molecule has 8 nitrogen and oxygen atoms in total. The highest BCUT2D eigenvalue weighted by Gasteiger charge is 2.32. The minimum Gasteiger partial charge on any atom is -0.444 e. The van der Waals surface area contributed by atoms with Crippen molar-refractivity contribution in [2.24, 2.45) is 0 Å². The molecule has 0 aromatic rings. The highest BCUT2D eigenvalue weighted by molar-refractivity contribution is 5.86. The zero-order valence-electron chi connectivity index (χ0n) is 16.5. The topological polar surface area (TPSA) is 85.4 Å². The standard InChI is InChI=1S/C18H34N4O4/c1-18(2,3)26-17(25)19-15(13-23)16(24)22-11-9-21(10-12-22)14-5-7-20(4)8-6-14/h14-15,23H,5-13H2,1-4H3,(H,19,25)/t15-/m0/s1. The van der Waals surface area contributed by atoms with Gasteiger partial charge in [0.1, 0.15) is 11.6 Å². The van der Waals surface area contributed by atoms with Crippen molar-refractivity contribution < 1.29 is 19.4 Å². The Morgan fingerprint density at radius 2 is 1.69 bits per heavy atom. The van der Waals surface area contributed by atoms with Crippen LogP contribution in [0.25, 0.3) is 0 Å². The van der Waals surface area contributed by atoms with E-state index in [0.717, 1.165) is 26.2 Å². The van der Waals surface area contributed by atoms with E-state index in [4.69, 9.17) is 4.74 Å². The highest BCUT2D eigenvalue weighted by atomic mass is 16.6. The molecule has 26 heavy (non-hydrogen) atoms. The summed E-state index contributed by atoms with van der Waals surface area (Å²) in [5.74, 6) is -0.249. The molecule has 2 rings (SSSR count). The Morgan fingerprint density at radius 3 is 2.19 bits per heavy atom. The van der Waals surface area contributed by atoms with Crippen molar-refractivity contribution in [1.29, 1.82) is 0 Å². The fraction of sp³-hybridized carbons (Fsp3) is 0.889. The van der Waals surface area contributed by atoms with Gasteiger partial charge in [0.05, 0.1) is 6.61 Å². The van der Waals surface area contributed by atoms with Gasteiger partial charge in [-0.25, -0.2) is 4.79 Å². The van der Waals surface area contributed by atoms with Crippen molar-refractivity contribution in [2.75, 3.05) is 52.9 Å². The fourth-order valence-corrected chi connectivity index (χ4v) is 3.52. The molecule has 0 spiro atoms. The van der Waals surface area contributed by atoms with E-state index in [9.17, 15) is 14.7 Å². The lowest BCUT2D eigenvalue weighted by atomic mass is 10.0. The second-order valence-corrected chi connectivity index (χ2v) is 8.28. The first-order valence-electron chi connectivity index (χ1n) is 9.51. The Morgan fingerprint density at radius 1 is 1.12 bits per heavy atom. The molecule has 0 aromatic heterocycles. The third-order valence-corrected chi connectivity index (χ3v) is 5.00. The van der Waals surface area contributed by atoms with Gasteiger partial charge in [-0.2, -0.15) is 0 Å². The van der Waals surface area contributed by atoms with Crippen LogP contribution in [0.3, 0.4) is 0 Å². The zero-order chi connectivity index (χ0) is 19.3. The molecule has 2 heterocycles. The molecule has 2 amide bonds. The predicted molar refractivity (Wildman–Crippen MR) is 98.9 cm³/mol. The lowest BCUT2D eigenvalue weighted by Gasteiger charge is -2.42. The average Bonchev–Trinajstić information content (AvgIpc) is 2.58. The molecule has 2 fully saturated rings. The molecular weight excluding hydrogens is 336 g/mol. The van der Waals surface area contributed by atoms with Crippen LogP contribution in [0.4, 0.5) is 4.79 Å². The van der Waals surface area contributed by atoms with Gasteiger partial charge in [0.2, 0.25) is 5.91 Å². The number of rotatable bonds is 4. The molecular formula is C18H34N4O4. The Kier molecular flexibility index (Phi) is 7.25. The van der Waals surface area contributed by atoms with Gasteiger partial charge in [-0.05, 0) is 53.8 Å². The van der Waals surface area contributed by atoms with Crippen molar-refractivity contribution >= 4 is 12.0 Å². The fourth-order valence-electron chi connectivity index (χ4n) is 3.52. The normalized spacial score (nSPS) is 22.1. The number of carbonyl (C=O) groups excluding carboxylic acids is 2. The summed E-state index contributed by atoms with van der Waals surface area (Å²) in [5.41, 5.74) is -0.646. The quantitative estimate of drug-likeness (QED) is 0.731. The Balaban J connectivity index is 1.81. The number of nitrogens with zero attached hydrogens (tertiary/aromatic N) is 3. The van der Waals surface area contributed by atoms with Crippen LogP contribution in [-0.4, -0.2) is 102 Å². The zero-order valence-corrected chi connectivity index (χ0v) is 16.5. The molecule has 2 aliphatic heterocycles. The van der Waals surface area contributed by atoms with Gasteiger partial charge in [-0.1, -0.05) is 0 Å². The lowest BCUT2D eigenvalue weighted by Crippen LogP contribution is -2.58. The maximum absolute atomic E-state index is 12.6. The highest BCUT2D eigenvalue weighted by Crippen LogP contribution is 2.17. The van der Waals surface area contributed by atoms with Crippen LogP contribution in [0.2, 0.25) is 0 Å². The first kappa shape index (κ1) is 20.9. The van der Waals surface area contributed by atoms with Crippen LogP contribution in [0, 0.1) is 0 Å². The number of alkyl carbamates (subject to hydrolysis) is 1. The van der Waals surface area contributed by atoms with Crippen LogP contribution in [0.1, 0.15) is 33.6 Å². The van der Waals surface area contributed by atoms with Gasteiger partial charge in [0, 0.05) is 32.2 Å². The molecule has 0 aliphatic carbocycles. The van der Waals surface area contributed by atoms with E-state index in [2.05, 4.69) is 22.2 Å². The van der Waals surface area contributed by atoms with Gasteiger partial charge in [0.25, 0.3) is 0 Å². The molecule has 0 bridgehead atoms. The first-order valence-corrected chi connectivity index (χ1v) is 9.51. The summed E-state index contributed by atoms with van der Waals surface area (Å²) in [7, 11) is 2.15. The minimum absolute atomic E-state index is 0.249. The number of amides is 2. The summed E-state index contributed by atoms with van der Waals surface area (Å²) in [4.78, 5) is 31.0. The number of hydrogen-bond donors (Lipinski definition) is 2. The molecule has 0 radical (unpaired) electrons. The Hall–Kier alpha value is -1.38. The second-order valence-electron chi connectivity index (χ2n) is 8.28. The van der Waals surface area contributed by atoms with Crippen molar-refractivity contribution in [3.05, 3.63) is 0 Å². The summed E-state index contributed by atoms with van der Waals surface area (Å²) < 4.78 is 5.17. The van der Waals surface area contributed by atoms with E-state index in [-0.39, 0.29) is 5.91 Å². The minimum atomic E-state index is -0.959. The van der Waals surface area contributed by atoms with Crippen molar-refractivity contribution in [3.8, 4) is 0 Å². The van der Waals surface area contributed by atoms with Crippen molar-refractivity contribution in [3.63, 3.8) is 0 Å². The van der Waals surface area contributed by atoms with E-state index in [1.54, 1.807) is 25.7 Å². The first-order chi connectivity index (χ1) is 12.2. The number of likely N-dealkylation sites (tertiary alicyclic amines) is 1. The number of aliphatic hydroxyl groups excluding tert-OH is 1. The third-order valence-electron chi connectivity index (χ3n) is 5.00. The maximum Gasteiger partial charge on any atom is 0.408 e.